The van der Waals surface area contributed by atoms with Crippen molar-refractivity contribution in [3.63, 3.8) is 0 Å². The van der Waals surface area contributed by atoms with Crippen molar-refractivity contribution >= 4 is 40.8 Å². The topological polar surface area (TPSA) is 175 Å². The van der Waals surface area contributed by atoms with Crippen LogP contribution in [0.2, 0.25) is 0 Å². The Balaban J connectivity index is 0.00000113. The second kappa shape index (κ2) is 37.2. The van der Waals surface area contributed by atoms with E-state index in [4.69, 9.17) is 16.3 Å². The summed E-state index contributed by atoms with van der Waals surface area (Å²) in [7, 11) is 4.48. The molecule has 16 heteroatoms. The number of benzene rings is 2. The van der Waals surface area contributed by atoms with Crippen molar-refractivity contribution in [2.45, 2.75) is 207 Å². The van der Waals surface area contributed by atoms with Gasteiger partial charge in [0, 0.05) is 34.1 Å². The van der Waals surface area contributed by atoms with Gasteiger partial charge in [0.05, 0.1) is 24.4 Å². The molecule has 0 fully saturated rings. The summed E-state index contributed by atoms with van der Waals surface area (Å²) in [5, 5.41) is 26.8. The lowest BCUT2D eigenvalue weighted by Gasteiger charge is -2.30. The van der Waals surface area contributed by atoms with Crippen LogP contribution < -0.4 is 10.6 Å². The Morgan fingerprint density at radius 1 is 0.671 bits per heavy atom. The zero-order valence-corrected chi connectivity index (χ0v) is 44.7. The second-order valence-corrected chi connectivity index (χ2v) is 18.8. The SMILES string of the molecule is CCCCCCCC(O)(/C=C/[C@H](NC(C)=O)C(=O)OC)CCC.CCCCCCCC(O)(CCC)CC[C@H](NC(=O)N(C)Cc1ccc(F)cc1)C(=O)OC(C)C.CN(Cc1ccc(F)cc1)C(=O)Cl. The van der Waals surface area contributed by atoms with Gasteiger partial charge in [0.1, 0.15) is 23.7 Å². The van der Waals surface area contributed by atoms with Gasteiger partial charge in [-0.3, -0.25) is 9.59 Å². The number of halogens is 3. The lowest BCUT2D eigenvalue weighted by molar-refractivity contribution is -0.150. The van der Waals surface area contributed by atoms with Crippen LogP contribution in [0.5, 0.6) is 0 Å². The third kappa shape index (κ3) is 30.9. The lowest BCUT2D eigenvalue weighted by Crippen LogP contribution is -2.48. The van der Waals surface area contributed by atoms with Crippen molar-refractivity contribution < 1.29 is 52.4 Å². The summed E-state index contributed by atoms with van der Waals surface area (Å²) >= 11 is 5.22. The van der Waals surface area contributed by atoms with Crippen molar-refractivity contribution in [1.82, 2.24) is 20.4 Å². The third-order valence-corrected chi connectivity index (χ3v) is 11.7. The number of rotatable bonds is 30. The molecule has 4 N–H and O–H groups in total. The molecule has 0 saturated carbocycles. The normalized spacial score (nSPS) is 13.5. The van der Waals surface area contributed by atoms with E-state index in [0.29, 0.717) is 45.1 Å². The number of carbonyl (C=O) groups excluding carboxylic acids is 5. The van der Waals surface area contributed by atoms with Crippen molar-refractivity contribution in [3.8, 4) is 0 Å². The molecule has 0 spiro atoms. The van der Waals surface area contributed by atoms with Gasteiger partial charge >= 0.3 is 23.3 Å². The minimum atomic E-state index is -0.939. The first-order valence-corrected chi connectivity index (χ1v) is 25.6. The molecule has 0 aromatic heterocycles. The number of unbranched alkanes of at least 4 members (excludes halogenated alkanes) is 8. The number of hydrogen-bond donors (Lipinski definition) is 4. The zero-order chi connectivity index (χ0) is 53.1. The molecule has 0 heterocycles. The highest BCUT2D eigenvalue weighted by atomic mass is 35.5. The summed E-state index contributed by atoms with van der Waals surface area (Å²) in [5.74, 6) is -1.98. The van der Waals surface area contributed by atoms with E-state index in [1.807, 2.05) is 13.8 Å². The summed E-state index contributed by atoms with van der Waals surface area (Å²) in [6.07, 6.45) is 19.1. The van der Waals surface area contributed by atoms with Crippen LogP contribution in [0.4, 0.5) is 18.4 Å². The molecule has 70 heavy (non-hydrogen) atoms. The summed E-state index contributed by atoms with van der Waals surface area (Å²) < 4.78 is 35.7. The first-order valence-electron chi connectivity index (χ1n) is 25.2. The van der Waals surface area contributed by atoms with E-state index in [1.165, 1.54) is 92.7 Å². The molecule has 2 unspecified atom stereocenters. The molecule has 0 aliphatic rings. The number of ether oxygens (including phenoxy) is 2. The van der Waals surface area contributed by atoms with Gasteiger partial charge in [0.2, 0.25) is 5.91 Å². The maximum absolute atomic E-state index is 13.2. The number of nitrogens with one attached hydrogen (secondary N) is 2. The van der Waals surface area contributed by atoms with Gasteiger partial charge in [-0.15, -0.1) is 0 Å². The number of aliphatic hydroxyl groups is 2. The molecule has 0 bridgehead atoms. The number of nitrogens with zero attached hydrogens (tertiary/aromatic N) is 2. The predicted octanol–water partition coefficient (Wildman–Crippen LogP) is 11.7. The van der Waals surface area contributed by atoms with Crippen LogP contribution in [0.3, 0.4) is 0 Å². The molecule has 0 aliphatic heterocycles. The Labute approximate surface area is 423 Å². The van der Waals surface area contributed by atoms with Gasteiger partial charge in [-0.2, -0.15) is 0 Å². The highest BCUT2D eigenvalue weighted by Crippen LogP contribution is 2.28. The van der Waals surface area contributed by atoms with Crippen LogP contribution in [0.15, 0.2) is 60.7 Å². The fourth-order valence-corrected chi connectivity index (χ4v) is 7.62. The quantitative estimate of drug-likeness (QED) is 0.0195. The van der Waals surface area contributed by atoms with Crippen LogP contribution in [-0.2, 0) is 36.9 Å². The highest BCUT2D eigenvalue weighted by Gasteiger charge is 2.31. The summed E-state index contributed by atoms with van der Waals surface area (Å²) in [6.45, 7) is 13.9. The molecule has 13 nitrogen and oxygen atoms in total. The summed E-state index contributed by atoms with van der Waals surface area (Å²) in [5.41, 5.74) is -0.174. The smallest absolute Gasteiger partial charge is 0.332 e. The van der Waals surface area contributed by atoms with Gasteiger partial charge in [0.15, 0.2) is 0 Å². The van der Waals surface area contributed by atoms with E-state index in [9.17, 15) is 43.0 Å². The molecule has 0 aliphatic carbocycles. The Morgan fingerprint density at radius 2 is 1.16 bits per heavy atom. The number of hydrogen-bond acceptors (Lipinski definition) is 9. The van der Waals surface area contributed by atoms with Crippen LogP contribution in [0, 0.1) is 11.6 Å². The number of esters is 2. The first kappa shape index (κ1) is 65.4. The maximum Gasteiger partial charge on any atom is 0.332 e. The monoisotopic (exact) mass is 1010 g/mol. The molecule has 398 valence electrons. The molecule has 2 aromatic rings. The Hall–Kier alpha value is -4.60. The number of methoxy groups -OCH3 is 1. The van der Waals surface area contributed by atoms with Crippen molar-refractivity contribution in [2.24, 2.45) is 0 Å². The van der Waals surface area contributed by atoms with Crippen LogP contribution in [-0.4, -0.2) is 99.9 Å². The minimum Gasteiger partial charge on any atom is -0.467 e. The van der Waals surface area contributed by atoms with E-state index in [0.717, 1.165) is 49.7 Å². The molecule has 2 rings (SSSR count). The van der Waals surface area contributed by atoms with Gasteiger partial charge < -0.3 is 40.1 Å². The van der Waals surface area contributed by atoms with Crippen molar-refractivity contribution in [2.75, 3.05) is 21.2 Å². The fourth-order valence-electron chi connectivity index (χ4n) is 7.56. The van der Waals surface area contributed by atoms with Crippen molar-refractivity contribution in [1.29, 1.82) is 0 Å². The van der Waals surface area contributed by atoms with Gasteiger partial charge in [-0.1, -0.05) is 141 Å². The highest BCUT2D eigenvalue weighted by molar-refractivity contribution is 6.62. The number of urea groups is 1. The number of amides is 4. The minimum absolute atomic E-state index is 0.273. The van der Waals surface area contributed by atoms with Gasteiger partial charge in [-0.25, -0.2) is 23.2 Å². The average Bonchev–Trinajstić information content (AvgIpc) is 3.30. The van der Waals surface area contributed by atoms with E-state index in [-0.39, 0.29) is 30.2 Å². The molecule has 2 aromatic carbocycles. The predicted molar refractivity (Wildman–Crippen MR) is 275 cm³/mol. The molecule has 0 saturated heterocycles. The lowest BCUT2D eigenvalue weighted by atomic mass is 9.85. The van der Waals surface area contributed by atoms with Crippen molar-refractivity contribution in [3.05, 3.63) is 83.4 Å². The first-order chi connectivity index (χ1) is 33.1. The Kier molecular flexibility index (Phi) is 34.8. The maximum atomic E-state index is 13.2. The van der Waals surface area contributed by atoms with Crippen LogP contribution in [0.1, 0.15) is 175 Å². The Morgan fingerprint density at radius 3 is 1.60 bits per heavy atom. The van der Waals surface area contributed by atoms with E-state index in [1.54, 1.807) is 58.3 Å². The average molecular weight is 1010 g/mol. The largest absolute Gasteiger partial charge is 0.467 e. The second-order valence-electron chi connectivity index (χ2n) is 18.5. The summed E-state index contributed by atoms with van der Waals surface area (Å²) in [6, 6.07) is 9.73. The fraction of sp³-hybridized carbons (Fsp3) is 0.648. The third-order valence-electron chi connectivity index (χ3n) is 11.4. The zero-order valence-electron chi connectivity index (χ0n) is 43.9. The van der Waals surface area contributed by atoms with E-state index in [2.05, 4.69) is 29.2 Å². The van der Waals surface area contributed by atoms with E-state index >= 15 is 0 Å². The molecular weight excluding hydrogens is 922 g/mol. The van der Waals surface area contributed by atoms with Gasteiger partial charge in [-0.05, 0) is 99.4 Å². The molecule has 4 atom stereocenters. The molecule has 4 amide bonds. The summed E-state index contributed by atoms with van der Waals surface area (Å²) in [4.78, 5) is 61.8. The standard InChI is InChI=1S/C27H45FN2O4.C18H33NO4.C9H9ClFNO/c1-6-8-9-10-11-18-27(33,17-7-2)19-16-24(25(31)34-21(3)4)29-26(32)30(5)20-22-12-14-23(28)15-13-22;1-5-7-8-9-10-13-18(22,12-6-2)14-11-16(17(21)23-4)19-15(3)20;1-12(9(10)13)6-7-2-4-8(11)5-3-7/h12-15,21,24,33H,6-11,16-20H2,1-5H3,(H,29,32);11,14,16,22H,5-10,12-13H2,1-4H3,(H,19,20);2-5H,6H2,1H3/b;14-11+;/t24-,27?;16-,18?;/m00./s1. The molecular formula is C54H87ClF2N4O9. The molecule has 0 radical (unpaired) electrons. The van der Waals surface area contributed by atoms with Crippen LogP contribution in [0.25, 0.3) is 0 Å². The van der Waals surface area contributed by atoms with E-state index < -0.39 is 46.6 Å². The number of carbonyl (C=O) groups is 5. The van der Waals surface area contributed by atoms with Gasteiger partial charge in [0.25, 0.3) is 0 Å². The van der Waals surface area contributed by atoms with Crippen LogP contribution >= 0.6 is 11.6 Å². The Bertz CT molecular complexity index is 1800.